The molecule has 2 heterocycles. The summed E-state index contributed by atoms with van der Waals surface area (Å²) in [4.78, 5) is 0. The van der Waals surface area contributed by atoms with Crippen LogP contribution in [0.5, 0.6) is 0 Å². The topological polar surface area (TPSA) is 37.2 Å². The molecule has 3 nitrogen and oxygen atoms in total. The predicted octanol–water partition coefficient (Wildman–Crippen LogP) is 4.51. The van der Waals surface area contributed by atoms with Crippen LogP contribution < -0.4 is 10.6 Å². The maximum absolute atomic E-state index is 5.25. The molecule has 2 unspecified atom stereocenters. The first-order valence-electron chi connectivity index (χ1n) is 7.86. The molecule has 21 heavy (non-hydrogen) atoms. The molecule has 0 fully saturated rings. The second-order valence-electron chi connectivity index (χ2n) is 5.31. The van der Waals surface area contributed by atoms with E-state index in [1.165, 1.54) is 11.1 Å². The highest BCUT2D eigenvalue weighted by Gasteiger charge is 2.16. The Morgan fingerprint density at radius 3 is 2.48 bits per heavy atom. The third-order valence-electron chi connectivity index (χ3n) is 3.73. The zero-order valence-electron chi connectivity index (χ0n) is 13.0. The van der Waals surface area contributed by atoms with Gasteiger partial charge < -0.3 is 15.1 Å². The van der Waals surface area contributed by atoms with Gasteiger partial charge in [-0.25, -0.2) is 0 Å². The summed E-state index contributed by atoms with van der Waals surface area (Å²) in [7, 11) is 0. The first kappa shape index (κ1) is 16.3. The fourth-order valence-electron chi connectivity index (χ4n) is 2.62. The maximum atomic E-state index is 5.25. The number of furan rings is 1. The molecule has 2 aromatic heterocycles. The summed E-state index contributed by atoms with van der Waals surface area (Å²) in [6.07, 6.45) is 7.00. The second-order valence-corrected chi connectivity index (χ2v) is 6.09. The van der Waals surface area contributed by atoms with Gasteiger partial charge in [0.05, 0.1) is 12.5 Å². The maximum Gasteiger partial charge on any atom is 0.0950 e. The fraction of sp³-hybridized carbons (Fsp3) is 0.529. The van der Waals surface area contributed by atoms with Gasteiger partial charge >= 0.3 is 0 Å². The summed E-state index contributed by atoms with van der Waals surface area (Å²) in [5.74, 6) is 0. The molecule has 0 aliphatic rings. The average Bonchev–Trinajstić information content (AvgIpc) is 3.19. The van der Waals surface area contributed by atoms with Gasteiger partial charge in [0.25, 0.3) is 0 Å². The van der Waals surface area contributed by atoms with Crippen LogP contribution in [-0.4, -0.2) is 13.1 Å². The molecular formula is C17H26N2OS. The molecule has 4 heteroatoms. The van der Waals surface area contributed by atoms with E-state index in [1.54, 1.807) is 17.6 Å². The molecule has 0 aromatic carbocycles. The van der Waals surface area contributed by atoms with Crippen LogP contribution in [0.1, 0.15) is 56.3 Å². The lowest BCUT2D eigenvalue weighted by Gasteiger charge is -2.22. The molecule has 2 aromatic rings. The molecule has 0 saturated heterocycles. The van der Waals surface area contributed by atoms with Crippen molar-refractivity contribution in [1.29, 1.82) is 0 Å². The Balaban J connectivity index is 1.95. The van der Waals surface area contributed by atoms with Crippen LogP contribution in [0.4, 0.5) is 0 Å². The van der Waals surface area contributed by atoms with Crippen molar-refractivity contribution in [2.75, 3.05) is 13.1 Å². The van der Waals surface area contributed by atoms with E-state index in [0.717, 1.165) is 32.4 Å². The van der Waals surface area contributed by atoms with Crippen LogP contribution in [0, 0.1) is 0 Å². The zero-order valence-corrected chi connectivity index (χ0v) is 13.8. The van der Waals surface area contributed by atoms with E-state index >= 15 is 0 Å². The van der Waals surface area contributed by atoms with E-state index in [1.807, 2.05) is 6.26 Å². The highest BCUT2D eigenvalue weighted by molar-refractivity contribution is 7.07. The molecule has 2 N–H and O–H groups in total. The van der Waals surface area contributed by atoms with Crippen molar-refractivity contribution in [3.8, 4) is 0 Å². The van der Waals surface area contributed by atoms with Crippen molar-refractivity contribution in [2.45, 2.75) is 45.2 Å². The van der Waals surface area contributed by atoms with E-state index in [9.17, 15) is 0 Å². The standard InChI is InChI=1S/C17H26N2OS/c1-3-9-19-16(14-7-10-20-12-14)5-6-17(18-4-2)15-8-11-21-13-15/h7-8,10-13,16-19H,3-6,9H2,1-2H3. The molecule has 0 saturated carbocycles. The molecule has 0 bridgehead atoms. The van der Waals surface area contributed by atoms with Crippen LogP contribution in [0.2, 0.25) is 0 Å². The van der Waals surface area contributed by atoms with Gasteiger partial charge in [0.1, 0.15) is 0 Å². The quantitative estimate of drug-likeness (QED) is 0.678. The normalized spacial score (nSPS) is 14.2. The van der Waals surface area contributed by atoms with Gasteiger partial charge in [-0.15, -0.1) is 0 Å². The minimum atomic E-state index is 0.378. The molecule has 2 rings (SSSR count). The van der Waals surface area contributed by atoms with E-state index in [2.05, 4.69) is 47.4 Å². The fourth-order valence-corrected chi connectivity index (χ4v) is 3.33. The van der Waals surface area contributed by atoms with Crippen molar-refractivity contribution in [2.24, 2.45) is 0 Å². The van der Waals surface area contributed by atoms with Crippen molar-refractivity contribution < 1.29 is 4.42 Å². The van der Waals surface area contributed by atoms with Gasteiger partial charge in [-0.1, -0.05) is 13.8 Å². The Morgan fingerprint density at radius 2 is 1.90 bits per heavy atom. The summed E-state index contributed by atoms with van der Waals surface area (Å²) < 4.78 is 5.25. The largest absolute Gasteiger partial charge is 0.472 e. The van der Waals surface area contributed by atoms with E-state index < -0.39 is 0 Å². The number of thiophene rings is 1. The third-order valence-corrected chi connectivity index (χ3v) is 4.43. The number of nitrogens with one attached hydrogen (secondary N) is 2. The Kier molecular flexibility index (Phi) is 7.00. The number of rotatable bonds is 10. The van der Waals surface area contributed by atoms with Crippen molar-refractivity contribution in [3.05, 3.63) is 46.5 Å². The van der Waals surface area contributed by atoms with Crippen LogP contribution >= 0.6 is 11.3 Å². The highest BCUT2D eigenvalue weighted by atomic mass is 32.1. The van der Waals surface area contributed by atoms with Crippen molar-refractivity contribution in [3.63, 3.8) is 0 Å². The van der Waals surface area contributed by atoms with Crippen LogP contribution in [0.15, 0.2) is 39.8 Å². The van der Waals surface area contributed by atoms with Crippen LogP contribution in [0.25, 0.3) is 0 Å². The summed E-state index contributed by atoms with van der Waals surface area (Å²) in [5, 5.41) is 11.6. The molecule has 0 amide bonds. The van der Waals surface area contributed by atoms with Gasteiger partial charge in [0.2, 0.25) is 0 Å². The minimum absolute atomic E-state index is 0.378. The lowest BCUT2D eigenvalue weighted by Crippen LogP contribution is -2.25. The predicted molar refractivity (Wildman–Crippen MR) is 89.7 cm³/mol. The summed E-state index contributed by atoms with van der Waals surface area (Å²) >= 11 is 1.77. The Hall–Kier alpha value is -1.10. The monoisotopic (exact) mass is 306 g/mol. The van der Waals surface area contributed by atoms with Gasteiger partial charge in [-0.2, -0.15) is 11.3 Å². The smallest absolute Gasteiger partial charge is 0.0950 e. The molecular weight excluding hydrogens is 280 g/mol. The molecule has 116 valence electrons. The van der Waals surface area contributed by atoms with Crippen LogP contribution in [0.3, 0.4) is 0 Å². The highest BCUT2D eigenvalue weighted by Crippen LogP contribution is 2.26. The van der Waals surface area contributed by atoms with Gasteiger partial charge in [0.15, 0.2) is 0 Å². The molecule has 0 spiro atoms. The number of hydrogen-bond acceptors (Lipinski definition) is 4. The van der Waals surface area contributed by atoms with Gasteiger partial charge in [-0.3, -0.25) is 0 Å². The molecule has 2 atom stereocenters. The SMILES string of the molecule is CCCNC(CCC(NCC)c1ccsc1)c1ccoc1. The molecule has 0 radical (unpaired) electrons. The first-order valence-corrected chi connectivity index (χ1v) is 8.80. The second kappa shape index (κ2) is 9.03. The summed E-state index contributed by atoms with van der Waals surface area (Å²) in [6.45, 7) is 6.41. The van der Waals surface area contributed by atoms with Crippen molar-refractivity contribution >= 4 is 11.3 Å². The zero-order chi connectivity index (χ0) is 14.9. The van der Waals surface area contributed by atoms with E-state index in [-0.39, 0.29) is 0 Å². The minimum Gasteiger partial charge on any atom is -0.472 e. The van der Waals surface area contributed by atoms with Crippen LogP contribution in [-0.2, 0) is 0 Å². The first-order chi connectivity index (χ1) is 10.3. The molecule has 0 aliphatic carbocycles. The van der Waals surface area contributed by atoms with Crippen molar-refractivity contribution in [1.82, 2.24) is 10.6 Å². The third kappa shape index (κ3) is 4.99. The Bertz CT molecular complexity index is 467. The lowest BCUT2D eigenvalue weighted by molar-refractivity contribution is 0.422. The van der Waals surface area contributed by atoms with Gasteiger partial charge in [0, 0.05) is 17.6 Å². The van der Waals surface area contributed by atoms with Gasteiger partial charge in [-0.05, 0) is 60.8 Å². The average molecular weight is 306 g/mol. The summed E-state index contributed by atoms with van der Waals surface area (Å²) in [5.41, 5.74) is 2.66. The summed E-state index contributed by atoms with van der Waals surface area (Å²) in [6, 6.07) is 5.12. The number of hydrogen-bond donors (Lipinski definition) is 2. The van der Waals surface area contributed by atoms with E-state index in [4.69, 9.17) is 4.42 Å². The Morgan fingerprint density at radius 1 is 1.10 bits per heavy atom. The Labute approximate surface area is 131 Å². The van der Waals surface area contributed by atoms with E-state index in [0.29, 0.717) is 12.1 Å². The lowest BCUT2D eigenvalue weighted by atomic mass is 9.98. The molecule has 0 aliphatic heterocycles.